The van der Waals surface area contributed by atoms with Gasteiger partial charge in [-0.2, -0.15) is 13.2 Å². The van der Waals surface area contributed by atoms with Crippen LogP contribution in [0.5, 0.6) is 5.75 Å². The van der Waals surface area contributed by atoms with Gasteiger partial charge in [0.25, 0.3) is 11.8 Å². The minimum Gasteiger partial charge on any atom is -0.487 e. The molecule has 232 valence electrons. The lowest BCUT2D eigenvalue weighted by Crippen LogP contribution is -2.27. The average molecular weight is 620 g/mol. The highest BCUT2D eigenvalue weighted by Crippen LogP contribution is 2.39. The molecule has 0 fully saturated rings. The number of halogens is 4. The van der Waals surface area contributed by atoms with Gasteiger partial charge < -0.3 is 19.8 Å². The zero-order valence-corrected chi connectivity index (χ0v) is 24.6. The summed E-state index contributed by atoms with van der Waals surface area (Å²) in [5.74, 6) is -0.329. The molecule has 0 aliphatic rings. The SMILES string of the molecule is CNC(=O)c1c(-c2ccc(F)cc2)oc2ccc(-c3cc(C(=O)NCC(C)C)ccc3OCc3ccc(C(F)(F)F)cn3)cc12. The molecular formula is C34H29F4N3O4. The minimum atomic E-state index is -4.51. The van der Waals surface area contributed by atoms with Crippen LogP contribution in [0.3, 0.4) is 0 Å². The van der Waals surface area contributed by atoms with Gasteiger partial charge in [-0.1, -0.05) is 19.9 Å². The highest BCUT2D eigenvalue weighted by molar-refractivity contribution is 6.12. The topological polar surface area (TPSA) is 93.5 Å². The summed E-state index contributed by atoms with van der Waals surface area (Å²) in [6.45, 7) is 4.27. The van der Waals surface area contributed by atoms with Crippen LogP contribution in [0, 0.1) is 11.7 Å². The zero-order chi connectivity index (χ0) is 32.3. The Bertz CT molecular complexity index is 1850. The van der Waals surface area contributed by atoms with E-state index in [9.17, 15) is 27.2 Å². The number of ether oxygens (including phenoxy) is 1. The summed E-state index contributed by atoms with van der Waals surface area (Å²) >= 11 is 0. The lowest BCUT2D eigenvalue weighted by molar-refractivity contribution is -0.137. The molecule has 3 aromatic carbocycles. The van der Waals surface area contributed by atoms with Crippen molar-refractivity contribution in [2.45, 2.75) is 26.6 Å². The monoisotopic (exact) mass is 619 g/mol. The number of carbonyl (C=O) groups is 2. The van der Waals surface area contributed by atoms with Crippen LogP contribution in [0.2, 0.25) is 0 Å². The molecule has 11 heteroatoms. The number of aromatic nitrogens is 1. The number of hydrogen-bond acceptors (Lipinski definition) is 5. The van der Waals surface area contributed by atoms with Crippen LogP contribution in [0.1, 0.15) is 45.8 Å². The van der Waals surface area contributed by atoms with Gasteiger partial charge in [0, 0.05) is 41.9 Å². The number of hydrogen-bond donors (Lipinski definition) is 2. The van der Waals surface area contributed by atoms with E-state index in [0.29, 0.717) is 45.5 Å². The van der Waals surface area contributed by atoms with Gasteiger partial charge >= 0.3 is 6.18 Å². The Labute approximate surface area is 256 Å². The van der Waals surface area contributed by atoms with Crippen molar-refractivity contribution in [3.05, 3.63) is 107 Å². The van der Waals surface area contributed by atoms with E-state index in [2.05, 4.69) is 15.6 Å². The van der Waals surface area contributed by atoms with Crippen molar-refractivity contribution in [2.75, 3.05) is 13.6 Å². The number of alkyl halides is 3. The average Bonchev–Trinajstić information content (AvgIpc) is 3.41. The summed E-state index contributed by atoms with van der Waals surface area (Å²) in [7, 11) is 1.49. The van der Waals surface area contributed by atoms with Crippen molar-refractivity contribution in [3.8, 4) is 28.2 Å². The molecule has 0 aliphatic heterocycles. The van der Waals surface area contributed by atoms with Crippen LogP contribution < -0.4 is 15.4 Å². The second-order valence-corrected chi connectivity index (χ2v) is 10.7. The lowest BCUT2D eigenvalue weighted by atomic mass is 9.98. The minimum absolute atomic E-state index is 0.143. The molecule has 2 amide bonds. The molecule has 0 spiro atoms. The van der Waals surface area contributed by atoms with Gasteiger partial charge in [0.15, 0.2) is 0 Å². The van der Waals surface area contributed by atoms with E-state index in [0.717, 1.165) is 12.3 Å². The molecule has 0 atom stereocenters. The number of carbonyl (C=O) groups excluding carboxylic acids is 2. The summed E-state index contributed by atoms with van der Waals surface area (Å²) in [5.41, 5.74) is 1.97. The van der Waals surface area contributed by atoms with Crippen molar-refractivity contribution in [1.82, 2.24) is 15.6 Å². The van der Waals surface area contributed by atoms with E-state index in [1.165, 1.54) is 37.4 Å². The smallest absolute Gasteiger partial charge is 0.417 e. The number of amides is 2. The van der Waals surface area contributed by atoms with Crippen molar-refractivity contribution < 1.29 is 36.3 Å². The first-order chi connectivity index (χ1) is 21.4. The van der Waals surface area contributed by atoms with Crippen LogP contribution >= 0.6 is 0 Å². The van der Waals surface area contributed by atoms with Gasteiger partial charge in [-0.25, -0.2) is 4.39 Å². The van der Waals surface area contributed by atoms with E-state index in [4.69, 9.17) is 9.15 Å². The normalized spacial score (nSPS) is 11.6. The molecule has 0 radical (unpaired) electrons. The van der Waals surface area contributed by atoms with E-state index in [-0.39, 0.29) is 35.4 Å². The second-order valence-electron chi connectivity index (χ2n) is 10.7. The number of benzene rings is 3. The van der Waals surface area contributed by atoms with Crippen molar-refractivity contribution >= 4 is 22.8 Å². The molecule has 2 aromatic heterocycles. The Hall–Kier alpha value is -5.19. The summed E-state index contributed by atoms with van der Waals surface area (Å²) < 4.78 is 64.7. The zero-order valence-electron chi connectivity index (χ0n) is 24.6. The number of pyridine rings is 1. The molecule has 2 N–H and O–H groups in total. The molecule has 0 bridgehead atoms. The Balaban J connectivity index is 1.58. The molecule has 5 rings (SSSR count). The fourth-order valence-corrected chi connectivity index (χ4v) is 4.67. The number of nitrogens with one attached hydrogen (secondary N) is 2. The third-order valence-electron chi connectivity index (χ3n) is 7.00. The van der Waals surface area contributed by atoms with Crippen molar-refractivity contribution in [2.24, 2.45) is 5.92 Å². The standard InChI is InChI=1S/C34H29F4N3O4/c1-19(2)16-41-32(42)22-7-12-28(44-18-25-11-8-23(17-40-25)34(36,37)38)26(15-22)21-6-13-29-27(14-21)30(33(43)39-3)31(45-29)20-4-9-24(35)10-5-20/h4-15,17,19H,16,18H2,1-3H3,(H,39,43)(H,41,42). The summed E-state index contributed by atoms with van der Waals surface area (Å²) in [6, 6.07) is 17.7. The first kappa shape index (κ1) is 31.2. The Morgan fingerprint density at radius 1 is 0.933 bits per heavy atom. The molecule has 5 aromatic rings. The molecule has 45 heavy (non-hydrogen) atoms. The fourth-order valence-electron chi connectivity index (χ4n) is 4.67. The Morgan fingerprint density at radius 3 is 2.31 bits per heavy atom. The molecular weight excluding hydrogens is 590 g/mol. The molecule has 7 nitrogen and oxygen atoms in total. The van der Waals surface area contributed by atoms with Crippen LogP contribution in [0.25, 0.3) is 33.4 Å². The first-order valence-electron chi connectivity index (χ1n) is 14.1. The molecule has 0 saturated carbocycles. The molecule has 0 saturated heterocycles. The van der Waals surface area contributed by atoms with Gasteiger partial charge in [0.2, 0.25) is 0 Å². The van der Waals surface area contributed by atoms with Crippen molar-refractivity contribution in [3.63, 3.8) is 0 Å². The van der Waals surface area contributed by atoms with E-state index in [1.54, 1.807) is 36.4 Å². The number of furan rings is 1. The number of nitrogens with zero attached hydrogens (tertiary/aromatic N) is 1. The van der Waals surface area contributed by atoms with Gasteiger partial charge in [0.1, 0.15) is 29.5 Å². The van der Waals surface area contributed by atoms with E-state index in [1.807, 2.05) is 13.8 Å². The maximum absolute atomic E-state index is 13.6. The predicted molar refractivity (Wildman–Crippen MR) is 161 cm³/mol. The van der Waals surface area contributed by atoms with Crippen molar-refractivity contribution in [1.29, 1.82) is 0 Å². The summed E-state index contributed by atoms with van der Waals surface area (Å²) in [4.78, 5) is 29.9. The number of rotatable bonds is 9. The van der Waals surface area contributed by atoms with Gasteiger partial charge in [-0.15, -0.1) is 0 Å². The van der Waals surface area contributed by atoms with Crippen LogP contribution in [0.4, 0.5) is 17.6 Å². The Morgan fingerprint density at radius 2 is 1.67 bits per heavy atom. The molecule has 0 aliphatic carbocycles. The maximum Gasteiger partial charge on any atom is 0.417 e. The molecule has 2 heterocycles. The van der Waals surface area contributed by atoms with Gasteiger partial charge in [0.05, 0.1) is 16.8 Å². The van der Waals surface area contributed by atoms with Crippen LogP contribution in [-0.4, -0.2) is 30.4 Å². The van der Waals surface area contributed by atoms with Gasteiger partial charge in [-0.3, -0.25) is 14.6 Å². The second kappa shape index (κ2) is 12.8. The Kier molecular flexibility index (Phi) is 8.89. The fraction of sp³-hybridized carbons (Fsp3) is 0.206. The molecule has 0 unspecified atom stereocenters. The highest BCUT2D eigenvalue weighted by atomic mass is 19.4. The largest absolute Gasteiger partial charge is 0.487 e. The van der Waals surface area contributed by atoms with Crippen LogP contribution in [0.15, 0.2) is 83.4 Å². The van der Waals surface area contributed by atoms with E-state index < -0.39 is 23.5 Å². The first-order valence-corrected chi connectivity index (χ1v) is 14.1. The highest BCUT2D eigenvalue weighted by Gasteiger charge is 2.30. The summed E-state index contributed by atoms with van der Waals surface area (Å²) in [6.07, 6.45) is -3.77. The third-order valence-corrected chi connectivity index (χ3v) is 7.00. The quantitative estimate of drug-likeness (QED) is 0.165. The van der Waals surface area contributed by atoms with Gasteiger partial charge in [-0.05, 0) is 78.2 Å². The lowest BCUT2D eigenvalue weighted by Gasteiger charge is -2.15. The predicted octanol–water partition coefficient (Wildman–Crippen LogP) is 7.64. The van der Waals surface area contributed by atoms with E-state index >= 15 is 0 Å². The summed E-state index contributed by atoms with van der Waals surface area (Å²) in [5, 5.41) is 5.97. The maximum atomic E-state index is 13.6. The van der Waals surface area contributed by atoms with Crippen LogP contribution in [-0.2, 0) is 12.8 Å². The number of fused-ring (bicyclic) bond motifs is 1. The third kappa shape index (κ3) is 6.98.